The number of aliphatic hydroxyl groups is 1. The molecule has 0 atom stereocenters. The van der Waals surface area contributed by atoms with E-state index in [0.29, 0.717) is 32.0 Å². The van der Waals surface area contributed by atoms with Crippen molar-refractivity contribution in [3.63, 3.8) is 0 Å². The molecular weight excluding hydrogens is 228 g/mol. The van der Waals surface area contributed by atoms with Crippen molar-refractivity contribution in [3.05, 3.63) is 24.0 Å². The third-order valence-electron chi connectivity index (χ3n) is 4.07. The molecule has 1 amide bonds. The van der Waals surface area contributed by atoms with E-state index in [9.17, 15) is 9.90 Å². The van der Waals surface area contributed by atoms with E-state index < -0.39 is 5.60 Å². The van der Waals surface area contributed by atoms with E-state index in [4.69, 9.17) is 0 Å². The van der Waals surface area contributed by atoms with Crippen molar-refractivity contribution >= 4 is 5.91 Å². The molecule has 1 saturated carbocycles. The van der Waals surface area contributed by atoms with Gasteiger partial charge in [0.15, 0.2) is 0 Å². The summed E-state index contributed by atoms with van der Waals surface area (Å²) >= 11 is 0. The molecule has 1 N–H and O–H groups in total. The Hall–Kier alpha value is -1.29. The van der Waals surface area contributed by atoms with E-state index in [-0.39, 0.29) is 5.91 Å². The Balaban J connectivity index is 1.73. The SMILES string of the molecule is CC1(O)CCN(C(=O)c2cccn2C2CC2)CC1. The summed E-state index contributed by atoms with van der Waals surface area (Å²) in [4.78, 5) is 14.3. The number of carbonyl (C=O) groups excluding carboxylic acids is 1. The molecule has 0 radical (unpaired) electrons. The zero-order valence-corrected chi connectivity index (χ0v) is 10.8. The Labute approximate surface area is 107 Å². The molecule has 3 rings (SSSR count). The van der Waals surface area contributed by atoms with Gasteiger partial charge in [-0.1, -0.05) is 0 Å². The molecule has 4 heteroatoms. The number of carbonyl (C=O) groups is 1. The van der Waals surface area contributed by atoms with Gasteiger partial charge in [-0.05, 0) is 44.7 Å². The van der Waals surface area contributed by atoms with Crippen LogP contribution in [0.5, 0.6) is 0 Å². The Morgan fingerprint density at radius 1 is 1.39 bits per heavy atom. The molecule has 2 aliphatic rings. The first-order valence-corrected chi connectivity index (χ1v) is 6.75. The van der Waals surface area contributed by atoms with Crippen molar-refractivity contribution in [2.45, 2.75) is 44.2 Å². The largest absolute Gasteiger partial charge is 0.390 e. The molecule has 2 heterocycles. The zero-order chi connectivity index (χ0) is 12.8. The lowest BCUT2D eigenvalue weighted by molar-refractivity contribution is -0.00232. The predicted molar refractivity (Wildman–Crippen MR) is 68.5 cm³/mol. The minimum absolute atomic E-state index is 0.113. The van der Waals surface area contributed by atoms with Crippen LogP contribution in [0.25, 0.3) is 0 Å². The minimum atomic E-state index is -0.602. The van der Waals surface area contributed by atoms with Gasteiger partial charge in [-0.2, -0.15) is 0 Å². The number of hydrogen-bond acceptors (Lipinski definition) is 2. The second-order valence-corrected chi connectivity index (χ2v) is 5.82. The molecular formula is C14H20N2O2. The van der Waals surface area contributed by atoms with Crippen LogP contribution < -0.4 is 0 Å². The first-order valence-electron chi connectivity index (χ1n) is 6.75. The highest BCUT2D eigenvalue weighted by atomic mass is 16.3. The molecule has 1 saturated heterocycles. The monoisotopic (exact) mass is 248 g/mol. The van der Waals surface area contributed by atoms with Gasteiger partial charge in [-0.25, -0.2) is 0 Å². The van der Waals surface area contributed by atoms with Crippen LogP contribution in [0.4, 0.5) is 0 Å². The summed E-state index contributed by atoms with van der Waals surface area (Å²) in [7, 11) is 0. The molecule has 4 nitrogen and oxygen atoms in total. The van der Waals surface area contributed by atoms with Crippen LogP contribution in [0, 0.1) is 0 Å². The molecule has 0 aromatic carbocycles. The smallest absolute Gasteiger partial charge is 0.270 e. The number of hydrogen-bond donors (Lipinski definition) is 1. The fourth-order valence-electron chi connectivity index (χ4n) is 2.60. The van der Waals surface area contributed by atoms with Crippen LogP contribution in [0.15, 0.2) is 18.3 Å². The number of likely N-dealkylation sites (tertiary alicyclic amines) is 1. The van der Waals surface area contributed by atoms with E-state index in [2.05, 4.69) is 4.57 Å². The molecule has 18 heavy (non-hydrogen) atoms. The maximum absolute atomic E-state index is 12.4. The molecule has 2 fully saturated rings. The second kappa shape index (κ2) is 4.12. The number of amides is 1. The van der Waals surface area contributed by atoms with Crippen LogP contribution >= 0.6 is 0 Å². The summed E-state index contributed by atoms with van der Waals surface area (Å²) in [5, 5.41) is 9.91. The predicted octanol–water partition coefficient (Wildman–Crippen LogP) is 1.81. The van der Waals surface area contributed by atoms with Crippen molar-refractivity contribution < 1.29 is 9.90 Å². The number of aromatic nitrogens is 1. The summed E-state index contributed by atoms with van der Waals surface area (Å²) in [5.41, 5.74) is 0.203. The third-order valence-corrected chi connectivity index (χ3v) is 4.07. The Bertz CT molecular complexity index is 450. The van der Waals surface area contributed by atoms with Crippen molar-refractivity contribution in [1.29, 1.82) is 0 Å². The molecule has 0 unspecified atom stereocenters. The first kappa shape index (κ1) is 11.8. The summed E-state index contributed by atoms with van der Waals surface area (Å²) in [6.45, 7) is 3.16. The van der Waals surface area contributed by atoms with Crippen LogP contribution in [0.3, 0.4) is 0 Å². The van der Waals surface area contributed by atoms with E-state index in [0.717, 1.165) is 5.69 Å². The van der Waals surface area contributed by atoms with Gasteiger partial charge in [0.1, 0.15) is 5.69 Å². The van der Waals surface area contributed by atoms with Gasteiger partial charge >= 0.3 is 0 Å². The molecule has 0 bridgehead atoms. The van der Waals surface area contributed by atoms with Gasteiger partial charge in [0.2, 0.25) is 0 Å². The van der Waals surface area contributed by atoms with Crippen LogP contribution in [0.1, 0.15) is 49.1 Å². The summed E-state index contributed by atoms with van der Waals surface area (Å²) in [6.07, 6.45) is 5.71. The van der Waals surface area contributed by atoms with Gasteiger partial charge in [0, 0.05) is 25.3 Å². The van der Waals surface area contributed by atoms with Gasteiger partial charge < -0.3 is 14.6 Å². The Kier molecular flexibility index (Phi) is 2.70. The van der Waals surface area contributed by atoms with E-state index in [1.165, 1.54) is 12.8 Å². The highest BCUT2D eigenvalue weighted by Gasteiger charge is 2.32. The van der Waals surface area contributed by atoms with Crippen LogP contribution in [-0.4, -0.2) is 39.2 Å². The fraction of sp³-hybridized carbons (Fsp3) is 0.643. The standard InChI is InChI=1S/C14H20N2O2/c1-14(18)6-9-15(10-7-14)13(17)12-3-2-8-16(12)11-4-5-11/h2-3,8,11,18H,4-7,9-10H2,1H3. The quantitative estimate of drug-likeness (QED) is 0.867. The van der Waals surface area contributed by atoms with Crippen molar-refractivity contribution in [2.75, 3.05) is 13.1 Å². The zero-order valence-electron chi connectivity index (χ0n) is 10.8. The normalized spacial score (nSPS) is 23.1. The van der Waals surface area contributed by atoms with Crippen molar-refractivity contribution in [1.82, 2.24) is 9.47 Å². The maximum Gasteiger partial charge on any atom is 0.270 e. The molecule has 1 aliphatic carbocycles. The van der Waals surface area contributed by atoms with Gasteiger partial charge in [0.25, 0.3) is 5.91 Å². The molecule has 98 valence electrons. The first-order chi connectivity index (χ1) is 8.57. The Morgan fingerprint density at radius 2 is 2.06 bits per heavy atom. The van der Waals surface area contributed by atoms with Crippen molar-refractivity contribution in [3.8, 4) is 0 Å². The molecule has 1 aliphatic heterocycles. The summed E-state index contributed by atoms with van der Waals surface area (Å²) in [6, 6.07) is 4.39. The minimum Gasteiger partial charge on any atom is -0.390 e. The maximum atomic E-state index is 12.4. The van der Waals surface area contributed by atoms with Crippen LogP contribution in [-0.2, 0) is 0 Å². The average Bonchev–Trinajstić information content (AvgIpc) is 3.06. The summed E-state index contributed by atoms with van der Waals surface area (Å²) in [5.74, 6) is 0.113. The van der Waals surface area contributed by atoms with Crippen molar-refractivity contribution in [2.24, 2.45) is 0 Å². The number of nitrogens with zero attached hydrogens (tertiary/aromatic N) is 2. The highest BCUT2D eigenvalue weighted by Crippen LogP contribution is 2.36. The van der Waals surface area contributed by atoms with Gasteiger partial charge in [0.05, 0.1) is 5.60 Å². The van der Waals surface area contributed by atoms with E-state index in [1.807, 2.05) is 30.2 Å². The fourth-order valence-corrected chi connectivity index (χ4v) is 2.60. The lowest BCUT2D eigenvalue weighted by Gasteiger charge is -2.35. The van der Waals surface area contributed by atoms with E-state index >= 15 is 0 Å². The lowest BCUT2D eigenvalue weighted by atomic mass is 9.94. The average molecular weight is 248 g/mol. The molecule has 1 aromatic rings. The lowest BCUT2D eigenvalue weighted by Crippen LogP contribution is -2.45. The van der Waals surface area contributed by atoms with E-state index in [1.54, 1.807) is 0 Å². The topological polar surface area (TPSA) is 45.5 Å². The second-order valence-electron chi connectivity index (χ2n) is 5.82. The number of rotatable bonds is 2. The Morgan fingerprint density at radius 3 is 2.67 bits per heavy atom. The molecule has 1 aromatic heterocycles. The van der Waals surface area contributed by atoms with Crippen LogP contribution in [0.2, 0.25) is 0 Å². The summed E-state index contributed by atoms with van der Waals surface area (Å²) < 4.78 is 2.11. The molecule has 0 spiro atoms. The highest BCUT2D eigenvalue weighted by molar-refractivity contribution is 5.93. The third kappa shape index (κ3) is 2.17. The van der Waals surface area contributed by atoms with Gasteiger partial charge in [-0.3, -0.25) is 4.79 Å². The number of piperidine rings is 1. The van der Waals surface area contributed by atoms with Gasteiger partial charge in [-0.15, -0.1) is 0 Å².